The number of hydrogen-bond donors (Lipinski definition) is 0. The van der Waals surface area contributed by atoms with E-state index in [0.29, 0.717) is 13.2 Å². The molecular weight excluding hydrogens is 238 g/mol. The van der Waals surface area contributed by atoms with Crippen molar-refractivity contribution in [1.29, 1.82) is 0 Å². The van der Waals surface area contributed by atoms with Gasteiger partial charge in [0.15, 0.2) is 0 Å². The summed E-state index contributed by atoms with van der Waals surface area (Å²) < 4.78 is 14.7. The first-order chi connectivity index (χ1) is 8.28. The van der Waals surface area contributed by atoms with Gasteiger partial charge in [-0.2, -0.15) is 0 Å². The molecule has 0 aromatic carbocycles. The summed E-state index contributed by atoms with van der Waals surface area (Å²) in [6, 6.07) is 0. The standard InChI is InChI=1S/C12H23NO5/c1-12(2,3)18-7-6-13(8-10(14)16-4)9-11(15)17-5/h6-9H2,1-5H3. The summed E-state index contributed by atoms with van der Waals surface area (Å²) in [5, 5.41) is 0. The van der Waals surface area contributed by atoms with Gasteiger partial charge in [0.05, 0.1) is 39.5 Å². The summed E-state index contributed by atoms with van der Waals surface area (Å²) in [4.78, 5) is 24.0. The first kappa shape index (κ1) is 16.9. The molecule has 0 heterocycles. The van der Waals surface area contributed by atoms with E-state index >= 15 is 0 Å². The Bertz CT molecular complexity index is 254. The van der Waals surface area contributed by atoms with E-state index in [0.717, 1.165) is 0 Å². The van der Waals surface area contributed by atoms with Crippen molar-refractivity contribution >= 4 is 11.9 Å². The van der Waals surface area contributed by atoms with Crippen LogP contribution in [0.4, 0.5) is 0 Å². The highest BCUT2D eigenvalue weighted by Gasteiger charge is 2.17. The van der Waals surface area contributed by atoms with E-state index in [4.69, 9.17) is 4.74 Å². The molecule has 0 saturated carbocycles. The lowest BCUT2D eigenvalue weighted by atomic mass is 10.2. The molecule has 0 saturated heterocycles. The Hall–Kier alpha value is -1.14. The van der Waals surface area contributed by atoms with Gasteiger partial charge in [0.25, 0.3) is 0 Å². The normalized spacial score (nSPS) is 11.4. The van der Waals surface area contributed by atoms with Crippen LogP contribution in [0.2, 0.25) is 0 Å². The minimum absolute atomic E-state index is 0.0408. The molecule has 0 amide bonds. The first-order valence-electron chi connectivity index (χ1n) is 5.78. The van der Waals surface area contributed by atoms with E-state index in [1.807, 2.05) is 20.8 Å². The average molecular weight is 261 g/mol. The Kier molecular flexibility index (Phi) is 7.54. The van der Waals surface area contributed by atoms with Crippen molar-refractivity contribution in [2.24, 2.45) is 0 Å². The molecule has 0 fully saturated rings. The number of hydrogen-bond acceptors (Lipinski definition) is 6. The van der Waals surface area contributed by atoms with Gasteiger partial charge in [0.1, 0.15) is 0 Å². The minimum atomic E-state index is -0.394. The molecule has 18 heavy (non-hydrogen) atoms. The lowest BCUT2D eigenvalue weighted by Crippen LogP contribution is -2.38. The van der Waals surface area contributed by atoms with Gasteiger partial charge in [-0.1, -0.05) is 0 Å². The van der Waals surface area contributed by atoms with Crippen LogP contribution < -0.4 is 0 Å². The van der Waals surface area contributed by atoms with Gasteiger partial charge in [0, 0.05) is 6.54 Å². The van der Waals surface area contributed by atoms with E-state index in [1.54, 1.807) is 4.90 Å². The SMILES string of the molecule is COC(=O)CN(CCOC(C)(C)C)CC(=O)OC. The number of carbonyl (C=O) groups is 2. The summed E-state index contributed by atoms with van der Waals surface area (Å²) in [7, 11) is 2.62. The molecule has 0 bridgehead atoms. The highest BCUT2D eigenvalue weighted by molar-refractivity contribution is 5.74. The Labute approximate surface area is 108 Å². The number of methoxy groups -OCH3 is 2. The molecule has 0 spiro atoms. The Morgan fingerprint density at radius 2 is 1.44 bits per heavy atom. The van der Waals surface area contributed by atoms with E-state index in [2.05, 4.69) is 9.47 Å². The number of esters is 2. The molecule has 0 aliphatic rings. The molecule has 6 heteroatoms. The van der Waals surface area contributed by atoms with Crippen molar-refractivity contribution in [3.05, 3.63) is 0 Å². The average Bonchev–Trinajstić information content (AvgIpc) is 2.26. The maximum Gasteiger partial charge on any atom is 0.319 e. The molecule has 0 unspecified atom stereocenters. The Morgan fingerprint density at radius 1 is 1.00 bits per heavy atom. The van der Waals surface area contributed by atoms with Crippen LogP contribution in [0.3, 0.4) is 0 Å². The van der Waals surface area contributed by atoms with Crippen LogP contribution in [0, 0.1) is 0 Å². The fourth-order valence-electron chi connectivity index (χ4n) is 1.19. The fourth-order valence-corrected chi connectivity index (χ4v) is 1.19. The minimum Gasteiger partial charge on any atom is -0.468 e. The molecule has 0 aromatic rings. The van der Waals surface area contributed by atoms with Crippen LogP contribution in [0.15, 0.2) is 0 Å². The van der Waals surface area contributed by atoms with Crippen LogP contribution in [-0.2, 0) is 23.8 Å². The lowest BCUT2D eigenvalue weighted by molar-refractivity contribution is -0.146. The summed E-state index contributed by atoms with van der Waals surface area (Å²) >= 11 is 0. The quantitative estimate of drug-likeness (QED) is 0.620. The monoisotopic (exact) mass is 261 g/mol. The van der Waals surface area contributed by atoms with Gasteiger partial charge in [-0.25, -0.2) is 0 Å². The molecule has 0 radical (unpaired) electrons. The third-order valence-corrected chi connectivity index (χ3v) is 2.10. The second-order valence-corrected chi connectivity index (χ2v) is 4.82. The zero-order valence-electron chi connectivity index (χ0n) is 11.8. The molecule has 0 aliphatic heterocycles. The smallest absolute Gasteiger partial charge is 0.319 e. The maximum atomic E-state index is 11.2. The maximum absolute atomic E-state index is 11.2. The molecule has 0 aromatic heterocycles. The van der Waals surface area contributed by atoms with Crippen molar-refractivity contribution in [3.63, 3.8) is 0 Å². The predicted molar refractivity (Wildman–Crippen MR) is 66.2 cm³/mol. The second kappa shape index (κ2) is 8.05. The molecule has 0 N–H and O–H groups in total. The predicted octanol–water partition coefficient (Wildman–Crippen LogP) is 0.450. The van der Waals surface area contributed by atoms with Gasteiger partial charge in [0.2, 0.25) is 0 Å². The van der Waals surface area contributed by atoms with E-state index in [9.17, 15) is 9.59 Å². The number of ether oxygens (including phenoxy) is 3. The summed E-state index contributed by atoms with van der Waals surface area (Å²) in [6.07, 6.45) is 0. The van der Waals surface area contributed by atoms with Crippen molar-refractivity contribution in [3.8, 4) is 0 Å². The third kappa shape index (κ3) is 8.95. The molecular formula is C12H23NO5. The van der Waals surface area contributed by atoms with Gasteiger partial charge < -0.3 is 14.2 Å². The van der Waals surface area contributed by atoms with Gasteiger partial charge in [-0.15, -0.1) is 0 Å². The Balaban J connectivity index is 4.20. The zero-order valence-corrected chi connectivity index (χ0v) is 11.8. The van der Waals surface area contributed by atoms with Crippen molar-refractivity contribution in [2.45, 2.75) is 26.4 Å². The largest absolute Gasteiger partial charge is 0.468 e. The molecule has 0 rings (SSSR count). The summed E-state index contributed by atoms with van der Waals surface area (Å²) in [6.45, 7) is 6.80. The molecule has 106 valence electrons. The highest BCUT2D eigenvalue weighted by atomic mass is 16.5. The van der Waals surface area contributed by atoms with Gasteiger partial charge in [-0.3, -0.25) is 14.5 Å². The van der Waals surface area contributed by atoms with Gasteiger partial charge >= 0.3 is 11.9 Å². The number of nitrogens with zero attached hydrogens (tertiary/aromatic N) is 1. The van der Waals surface area contributed by atoms with Gasteiger partial charge in [-0.05, 0) is 20.8 Å². The van der Waals surface area contributed by atoms with Crippen molar-refractivity contribution in [1.82, 2.24) is 4.90 Å². The fraction of sp³-hybridized carbons (Fsp3) is 0.833. The van der Waals surface area contributed by atoms with E-state index < -0.39 is 11.9 Å². The number of rotatable bonds is 7. The van der Waals surface area contributed by atoms with Crippen LogP contribution in [0.1, 0.15) is 20.8 Å². The molecule has 0 atom stereocenters. The van der Waals surface area contributed by atoms with Crippen molar-refractivity contribution in [2.75, 3.05) is 40.5 Å². The Morgan fingerprint density at radius 3 is 1.78 bits per heavy atom. The first-order valence-corrected chi connectivity index (χ1v) is 5.78. The van der Waals surface area contributed by atoms with Crippen LogP contribution in [0.25, 0.3) is 0 Å². The molecule has 0 aliphatic carbocycles. The van der Waals surface area contributed by atoms with Crippen LogP contribution in [0.5, 0.6) is 0 Å². The van der Waals surface area contributed by atoms with Crippen molar-refractivity contribution < 1.29 is 23.8 Å². The lowest BCUT2D eigenvalue weighted by Gasteiger charge is -2.24. The summed E-state index contributed by atoms with van der Waals surface area (Å²) in [5.74, 6) is -0.788. The zero-order chi connectivity index (χ0) is 14.2. The second-order valence-electron chi connectivity index (χ2n) is 4.82. The summed E-state index contributed by atoms with van der Waals surface area (Å²) in [5.41, 5.74) is -0.248. The van der Waals surface area contributed by atoms with E-state index in [-0.39, 0.29) is 18.7 Å². The van der Waals surface area contributed by atoms with E-state index in [1.165, 1.54) is 14.2 Å². The number of carbonyl (C=O) groups excluding carboxylic acids is 2. The van der Waals surface area contributed by atoms with Crippen LogP contribution in [-0.4, -0.2) is 62.9 Å². The van der Waals surface area contributed by atoms with Crippen LogP contribution >= 0.6 is 0 Å². The third-order valence-electron chi connectivity index (χ3n) is 2.10. The topological polar surface area (TPSA) is 65.1 Å². The highest BCUT2D eigenvalue weighted by Crippen LogP contribution is 2.06. The molecule has 6 nitrogen and oxygen atoms in total.